The topological polar surface area (TPSA) is 96.1 Å². The van der Waals surface area contributed by atoms with Crippen molar-refractivity contribution in [1.29, 1.82) is 0 Å². The van der Waals surface area contributed by atoms with E-state index in [9.17, 15) is 0 Å². The smallest absolute Gasteiger partial charge is 0.246 e. The SMILES string of the molecule is CN(C)c1nc(N)n(C(=S)NNC(=S)Nc2ccccc2)n1. The van der Waals surface area contributed by atoms with Crippen LogP contribution in [0, 0.1) is 0 Å². The van der Waals surface area contributed by atoms with E-state index >= 15 is 0 Å². The van der Waals surface area contributed by atoms with Crippen LogP contribution in [-0.4, -0.2) is 39.1 Å². The molecule has 0 radical (unpaired) electrons. The quantitative estimate of drug-likeness (QED) is 0.463. The lowest BCUT2D eigenvalue weighted by Gasteiger charge is -2.13. The maximum Gasteiger partial charge on any atom is 0.246 e. The fourth-order valence-electron chi connectivity index (χ4n) is 1.50. The van der Waals surface area contributed by atoms with Gasteiger partial charge in [-0.2, -0.15) is 9.67 Å². The van der Waals surface area contributed by atoms with E-state index in [1.165, 1.54) is 4.68 Å². The molecule has 0 spiro atoms. The number of hydrogen-bond acceptors (Lipinski definition) is 6. The summed E-state index contributed by atoms with van der Waals surface area (Å²) in [7, 11) is 3.62. The van der Waals surface area contributed by atoms with Gasteiger partial charge in [-0.15, -0.1) is 5.10 Å². The number of nitrogens with one attached hydrogen (secondary N) is 3. The van der Waals surface area contributed by atoms with E-state index in [1.807, 2.05) is 44.4 Å². The normalized spacial score (nSPS) is 9.91. The van der Waals surface area contributed by atoms with Gasteiger partial charge in [-0.1, -0.05) is 18.2 Å². The van der Waals surface area contributed by atoms with Crippen LogP contribution < -0.4 is 26.8 Å². The van der Waals surface area contributed by atoms with E-state index in [0.29, 0.717) is 11.1 Å². The average molecular weight is 336 g/mol. The van der Waals surface area contributed by atoms with E-state index in [2.05, 4.69) is 26.3 Å². The second-order valence-corrected chi connectivity index (χ2v) is 5.25. The highest BCUT2D eigenvalue weighted by molar-refractivity contribution is 7.80. The molecule has 8 nitrogen and oxygen atoms in total. The van der Waals surface area contributed by atoms with Crippen molar-refractivity contribution < 1.29 is 0 Å². The summed E-state index contributed by atoms with van der Waals surface area (Å²) in [5.74, 6) is 0.650. The van der Waals surface area contributed by atoms with Gasteiger partial charge in [-0.3, -0.25) is 10.9 Å². The average Bonchev–Trinajstić information content (AvgIpc) is 2.88. The number of nitrogens with two attached hydrogens (primary N) is 1. The number of nitrogens with zero attached hydrogens (tertiary/aromatic N) is 4. The Morgan fingerprint density at radius 1 is 1.18 bits per heavy atom. The predicted octanol–water partition coefficient (Wildman–Crippen LogP) is 0.550. The lowest BCUT2D eigenvalue weighted by atomic mass is 10.3. The second-order valence-electron chi connectivity index (χ2n) is 4.45. The van der Waals surface area contributed by atoms with Gasteiger partial charge in [0.15, 0.2) is 5.11 Å². The van der Waals surface area contributed by atoms with Crippen LogP contribution >= 0.6 is 24.4 Å². The molecule has 0 aliphatic carbocycles. The number of rotatable bonds is 2. The monoisotopic (exact) mass is 336 g/mol. The van der Waals surface area contributed by atoms with E-state index in [4.69, 9.17) is 30.2 Å². The Hall–Kier alpha value is -2.46. The first-order valence-electron chi connectivity index (χ1n) is 6.29. The van der Waals surface area contributed by atoms with Crippen LogP contribution in [0.5, 0.6) is 0 Å². The van der Waals surface area contributed by atoms with Gasteiger partial charge in [-0.25, -0.2) is 0 Å². The molecule has 0 atom stereocenters. The zero-order valence-electron chi connectivity index (χ0n) is 12.1. The van der Waals surface area contributed by atoms with Crippen LogP contribution in [0.4, 0.5) is 17.6 Å². The molecular weight excluding hydrogens is 320 g/mol. The number of nitrogen functional groups attached to an aromatic ring is 1. The van der Waals surface area contributed by atoms with Gasteiger partial charge in [0.1, 0.15) is 0 Å². The molecule has 5 N–H and O–H groups in total. The molecule has 10 heteroatoms. The number of benzene rings is 1. The molecule has 0 unspecified atom stereocenters. The minimum absolute atomic E-state index is 0.185. The first-order valence-corrected chi connectivity index (χ1v) is 7.11. The maximum atomic E-state index is 5.77. The van der Waals surface area contributed by atoms with E-state index in [-0.39, 0.29) is 11.1 Å². The molecule has 2 rings (SSSR count). The molecule has 0 aliphatic rings. The van der Waals surface area contributed by atoms with Crippen molar-refractivity contribution in [2.75, 3.05) is 30.0 Å². The fourth-order valence-corrected chi connectivity index (χ4v) is 1.85. The molecule has 22 heavy (non-hydrogen) atoms. The lowest BCUT2D eigenvalue weighted by Crippen LogP contribution is -2.46. The summed E-state index contributed by atoms with van der Waals surface area (Å²) in [6, 6.07) is 9.52. The van der Waals surface area contributed by atoms with Gasteiger partial charge < -0.3 is 16.0 Å². The summed E-state index contributed by atoms with van der Waals surface area (Å²) < 4.78 is 1.31. The maximum absolute atomic E-state index is 5.77. The molecule has 0 bridgehead atoms. The largest absolute Gasteiger partial charge is 0.368 e. The minimum Gasteiger partial charge on any atom is -0.368 e. The van der Waals surface area contributed by atoms with Gasteiger partial charge in [-0.05, 0) is 36.6 Å². The molecule has 0 saturated heterocycles. The fraction of sp³-hybridized carbons (Fsp3) is 0.167. The second kappa shape index (κ2) is 7.00. The Bertz CT molecular complexity index is 667. The van der Waals surface area contributed by atoms with Crippen molar-refractivity contribution in [3.05, 3.63) is 30.3 Å². The van der Waals surface area contributed by atoms with Crippen LogP contribution in [0.3, 0.4) is 0 Å². The summed E-state index contributed by atoms with van der Waals surface area (Å²) >= 11 is 10.3. The Labute approximate surface area is 138 Å². The summed E-state index contributed by atoms with van der Waals surface area (Å²) in [4.78, 5) is 5.80. The van der Waals surface area contributed by atoms with Crippen molar-refractivity contribution >= 4 is 52.2 Å². The van der Waals surface area contributed by atoms with Gasteiger partial charge in [0.25, 0.3) is 0 Å². The Balaban J connectivity index is 1.91. The van der Waals surface area contributed by atoms with E-state index in [1.54, 1.807) is 4.90 Å². The van der Waals surface area contributed by atoms with Crippen LogP contribution in [0.2, 0.25) is 0 Å². The van der Waals surface area contributed by atoms with E-state index in [0.717, 1.165) is 5.69 Å². The first kappa shape index (κ1) is 15.9. The predicted molar refractivity (Wildman–Crippen MR) is 95.7 cm³/mol. The minimum atomic E-state index is 0.185. The number of para-hydroxylation sites is 1. The molecule has 1 aromatic carbocycles. The van der Waals surface area contributed by atoms with Crippen molar-refractivity contribution in [3.63, 3.8) is 0 Å². The molecule has 0 fully saturated rings. The number of thiocarbonyl (C=S) groups is 2. The van der Waals surface area contributed by atoms with Crippen LogP contribution in [-0.2, 0) is 0 Å². The van der Waals surface area contributed by atoms with Gasteiger partial charge >= 0.3 is 0 Å². The highest BCUT2D eigenvalue weighted by Crippen LogP contribution is 2.07. The molecule has 1 heterocycles. The third-order valence-corrected chi connectivity index (χ3v) is 3.01. The Morgan fingerprint density at radius 2 is 1.86 bits per heavy atom. The standard InChI is InChI=1S/C12H16N8S2/c1-19(2)10-15-9(13)20(18-10)12(22)17-16-11(21)14-8-6-4-3-5-7-8/h3-7H,1-2H3,(H,17,22)(H2,13,15,18)(H2,14,16,21). The summed E-state index contributed by atoms with van der Waals surface area (Å²) in [6.45, 7) is 0. The number of hydrazine groups is 1. The van der Waals surface area contributed by atoms with Crippen LogP contribution in [0.15, 0.2) is 30.3 Å². The zero-order chi connectivity index (χ0) is 16.1. The molecule has 1 aromatic heterocycles. The molecule has 0 saturated carbocycles. The number of aromatic nitrogens is 3. The summed E-state index contributed by atoms with van der Waals surface area (Å²) in [5.41, 5.74) is 12.2. The van der Waals surface area contributed by atoms with Crippen LogP contribution in [0.1, 0.15) is 0 Å². The van der Waals surface area contributed by atoms with Crippen molar-refractivity contribution in [1.82, 2.24) is 25.6 Å². The summed E-state index contributed by atoms with van der Waals surface area (Å²) in [5, 5.41) is 7.76. The first-order chi connectivity index (χ1) is 10.5. The van der Waals surface area contributed by atoms with Gasteiger partial charge in [0, 0.05) is 19.8 Å². The van der Waals surface area contributed by atoms with Crippen LogP contribution in [0.25, 0.3) is 0 Å². The third-order valence-electron chi connectivity index (χ3n) is 2.53. The highest BCUT2D eigenvalue weighted by Gasteiger charge is 2.12. The van der Waals surface area contributed by atoms with Gasteiger partial charge in [0.05, 0.1) is 0 Å². The molecule has 2 aromatic rings. The molecule has 116 valence electrons. The lowest BCUT2D eigenvalue weighted by molar-refractivity contribution is 0.811. The molecule has 0 aliphatic heterocycles. The zero-order valence-corrected chi connectivity index (χ0v) is 13.7. The Kier molecular flexibility index (Phi) is 5.07. The Morgan fingerprint density at radius 3 is 2.45 bits per heavy atom. The highest BCUT2D eigenvalue weighted by atomic mass is 32.1. The molecule has 0 amide bonds. The third kappa shape index (κ3) is 4.02. The number of anilines is 3. The molecular formula is C12H16N8S2. The van der Waals surface area contributed by atoms with Crippen molar-refractivity contribution in [3.8, 4) is 0 Å². The van der Waals surface area contributed by atoms with E-state index < -0.39 is 0 Å². The van der Waals surface area contributed by atoms with Crippen molar-refractivity contribution in [2.45, 2.75) is 0 Å². The van der Waals surface area contributed by atoms with Gasteiger partial charge in [0.2, 0.25) is 17.0 Å². The summed E-state index contributed by atoms with van der Waals surface area (Å²) in [6.07, 6.45) is 0. The van der Waals surface area contributed by atoms with Crippen molar-refractivity contribution in [2.24, 2.45) is 0 Å². The number of hydrogen-bond donors (Lipinski definition) is 4.